The Morgan fingerprint density at radius 2 is 1.57 bits per heavy atom. The van der Waals surface area contributed by atoms with Gasteiger partial charge in [-0.15, -0.1) is 0 Å². The molecule has 0 heterocycles. The van der Waals surface area contributed by atoms with Crippen LogP contribution in [-0.2, 0) is 11.0 Å². The minimum atomic E-state index is -4.61. The highest BCUT2D eigenvalue weighted by molar-refractivity contribution is 5.95. The van der Waals surface area contributed by atoms with Gasteiger partial charge in [-0.1, -0.05) is 30.3 Å². The Hall–Kier alpha value is -3.03. The van der Waals surface area contributed by atoms with Gasteiger partial charge in [-0.25, -0.2) is 0 Å². The van der Waals surface area contributed by atoms with E-state index in [-0.39, 0.29) is 25.4 Å². The van der Waals surface area contributed by atoms with Crippen LogP contribution in [0.1, 0.15) is 39.9 Å². The predicted molar refractivity (Wildman–Crippen MR) is 107 cm³/mol. The van der Waals surface area contributed by atoms with Gasteiger partial charge in [0.05, 0.1) is 17.7 Å². The first kappa shape index (κ1) is 23.3. The van der Waals surface area contributed by atoms with E-state index < -0.39 is 23.2 Å². The number of rotatable bonds is 9. The number of amides is 2. The van der Waals surface area contributed by atoms with Gasteiger partial charge in [0.2, 0.25) is 5.91 Å². The standard InChI is InChI=1S/C22H25F3N2O3/c1-15-7-5-8-16(2)20(15)30-14-6-11-19(28)26-12-13-27-21(29)17-9-3-4-10-18(17)22(23,24)25/h3-5,7-10H,6,11-14H2,1-2H3,(H,26,28)(H,27,29). The molecule has 30 heavy (non-hydrogen) atoms. The number of carbonyl (C=O) groups excluding carboxylic acids is 2. The second-order valence-electron chi connectivity index (χ2n) is 6.82. The van der Waals surface area contributed by atoms with Crippen LogP contribution < -0.4 is 15.4 Å². The highest BCUT2D eigenvalue weighted by Gasteiger charge is 2.34. The van der Waals surface area contributed by atoms with E-state index >= 15 is 0 Å². The van der Waals surface area contributed by atoms with Gasteiger partial charge in [0.1, 0.15) is 5.75 Å². The lowest BCUT2D eigenvalue weighted by Crippen LogP contribution is -2.35. The molecule has 0 bridgehead atoms. The van der Waals surface area contributed by atoms with Crippen molar-refractivity contribution in [3.8, 4) is 5.75 Å². The molecular formula is C22H25F3N2O3. The summed E-state index contributed by atoms with van der Waals surface area (Å²) in [7, 11) is 0. The van der Waals surface area contributed by atoms with E-state index in [9.17, 15) is 22.8 Å². The van der Waals surface area contributed by atoms with E-state index in [1.165, 1.54) is 12.1 Å². The molecule has 162 valence electrons. The zero-order valence-electron chi connectivity index (χ0n) is 16.9. The monoisotopic (exact) mass is 422 g/mol. The summed E-state index contributed by atoms with van der Waals surface area (Å²) in [5, 5.41) is 5.01. The number of nitrogens with one attached hydrogen (secondary N) is 2. The minimum Gasteiger partial charge on any atom is -0.493 e. The molecule has 2 aromatic rings. The van der Waals surface area contributed by atoms with Crippen molar-refractivity contribution in [1.82, 2.24) is 10.6 Å². The molecule has 2 aromatic carbocycles. The number of hydrogen-bond donors (Lipinski definition) is 2. The number of benzene rings is 2. The van der Waals surface area contributed by atoms with Crippen LogP contribution in [0.4, 0.5) is 13.2 Å². The summed E-state index contributed by atoms with van der Waals surface area (Å²) in [4.78, 5) is 23.9. The lowest BCUT2D eigenvalue weighted by atomic mass is 10.1. The largest absolute Gasteiger partial charge is 0.493 e. The van der Waals surface area contributed by atoms with Crippen molar-refractivity contribution in [3.05, 3.63) is 64.7 Å². The van der Waals surface area contributed by atoms with E-state index in [2.05, 4.69) is 10.6 Å². The van der Waals surface area contributed by atoms with E-state index in [1.54, 1.807) is 0 Å². The Kier molecular flexibility index (Phi) is 8.26. The Morgan fingerprint density at radius 3 is 2.23 bits per heavy atom. The molecule has 0 spiro atoms. The lowest BCUT2D eigenvalue weighted by molar-refractivity contribution is -0.138. The normalized spacial score (nSPS) is 11.1. The van der Waals surface area contributed by atoms with E-state index in [0.717, 1.165) is 29.0 Å². The molecule has 0 atom stereocenters. The molecule has 0 radical (unpaired) electrons. The Labute approximate surface area is 173 Å². The average Bonchev–Trinajstić information content (AvgIpc) is 2.69. The molecule has 0 aliphatic rings. The van der Waals surface area contributed by atoms with Crippen molar-refractivity contribution in [3.63, 3.8) is 0 Å². The van der Waals surface area contributed by atoms with Crippen LogP contribution in [0.25, 0.3) is 0 Å². The van der Waals surface area contributed by atoms with Gasteiger partial charge in [0.25, 0.3) is 5.91 Å². The van der Waals surface area contributed by atoms with Gasteiger partial charge in [-0.05, 0) is 43.5 Å². The first-order chi connectivity index (χ1) is 14.2. The summed E-state index contributed by atoms with van der Waals surface area (Å²) in [5.74, 6) is -0.232. The molecule has 2 amide bonds. The number of para-hydroxylation sites is 1. The van der Waals surface area contributed by atoms with Crippen molar-refractivity contribution in [1.29, 1.82) is 0 Å². The number of carbonyl (C=O) groups is 2. The fourth-order valence-corrected chi connectivity index (χ4v) is 2.92. The number of ether oxygens (including phenoxy) is 1. The van der Waals surface area contributed by atoms with E-state index in [1.807, 2.05) is 32.0 Å². The lowest BCUT2D eigenvalue weighted by Gasteiger charge is -2.13. The third-order valence-corrected chi connectivity index (χ3v) is 4.41. The molecule has 0 fully saturated rings. The smallest absolute Gasteiger partial charge is 0.417 e. The van der Waals surface area contributed by atoms with E-state index in [0.29, 0.717) is 13.0 Å². The SMILES string of the molecule is Cc1cccc(C)c1OCCCC(=O)NCCNC(=O)c1ccccc1C(F)(F)F. The summed E-state index contributed by atoms with van der Waals surface area (Å²) < 4.78 is 44.6. The molecule has 0 aliphatic carbocycles. The van der Waals surface area contributed by atoms with Gasteiger partial charge in [-0.3, -0.25) is 9.59 Å². The molecule has 0 aromatic heterocycles. The molecule has 0 aliphatic heterocycles. The second kappa shape index (κ2) is 10.7. The molecular weight excluding hydrogens is 397 g/mol. The minimum absolute atomic E-state index is 0.0235. The van der Waals surface area contributed by atoms with Gasteiger partial charge >= 0.3 is 6.18 Å². The van der Waals surface area contributed by atoms with E-state index in [4.69, 9.17) is 4.74 Å². The second-order valence-corrected chi connectivity index (χ2v) is 6.82. The van der Waals surface area contributed by atoms with Gasteiger partial charge in [0, 0.05) is 19.5 Å². The van der Waals surface area contributed by atoms with Crippen LogP contribution in [0.15, 0.2) is 42.5 Å². The average molecular weight is 422 g/mol. The summed E-state index contributed by atoms with van der Waals surface area (Å²) in [6.45, 7) is 4.45. The first-order valence-electron chi connectivity index (χ1n) is 9.60. The van der Waals surface area contributed by atoms with Crippen molar-refractivity contribution < 1.29 is 27.5 Å². The number of hydrogen-bond acceptors (Lipinski definition) is 3. The molecule has 0 saturated carbocycles. The predicted octanol–water partition coefficient (Wildman–Crippen LogP) is 4.03. The Balaban J connectivity index is 1.67. The third kappa shape index (κ3) is 6.79. The summed E-state index contributed by atoms with van der Waals surface area (Å²) in [5.41, 5.74) is 0.625. The number of aryl methyl sites for hydroxylation is 2. The Morgan fingerprint density at radius 1 is 0.933 bits per heavy atom. The third-order valence-electron chi connectivity index (χ3n) is 4.41. The molecule has 0 saturated heterocycles. The fraction of sp³-hybridized carbons (Fsp3) is 0.364. The van der Waals surface area contributed by atoms with Gasteiger partial charge in [-0.2, -0.15) is 13.2 Å². The topological polar surface area (TPSA) is 67.4 Å². The molecule has 8 heteroatoms. The van der Waals surface area contributed by atoms with Crippen molar-refractivity contribution in [2.45, 2.75) is 32.9 Å². The first-order valence-corrected chi connectivity index (χ1v) is 9.60. The zero-order chi connectivity index (χ0) is 22.1. The summed E-state index contributed by atoms with van der Waals surface area (Å²) in [6, 6.07) is 10.4. The molecule has 5 nitrogen and oxygen atoms in total. The van der Waals surface area contributed by atoms with Crippen LogP contribution in [-0.4, -0.2) is 31.5 Å². The molecule has 0 unspecified atom stereocenters. The quantitative estimate of drug-likeness (QED) is 0.600. The highest BCUT2D eigenvalue weighted by Crippen LogP contribution is 2.31. The van der Waals surface area contributed by atoms with Gasteiger partial charge in [0.15, 0.2) is 0 Å². The highest BCUT2D eigenvalue weighted by atomic mass is 19.4. The van der Waals surface area contributed by atoms with Crippen LogP contribution >= 0.6 is 0 Å². The number of alkyl halides is 3. The maximum Gasteiger partial charge on any atom is 0.417 e. The van der Waals surface area contributed by atoms with Crippen molar-refractivity contribution in [2.24, 2.45) is 0 Å². The summed E-state index contributed by atoms with van der Waals surface area (Å²) in [6.07, 6.45) is -3.85. The van der Waals surface area contributed by atoms with Crippen LogP contribution in [0.5, 0.6) is 5.75 Å². The fourth-order valence-electron chi connectivity index (χ4n) is 2.92. The molecule has 2 rings (SSSR count). The summed E-state index contributed by atoms with van der Waals surface area (Å²) >= 11 is 0. The Bertz CT molecular complexity index is 862. The molecule has 2 N–H and O–H groups in total. The zero-order valence-corrected chi connectivity index (χ0v) is 16.9. The van der Waals surface area contributed by atoms with Crippen molar-refractivity contribution in [2.75, 3.05) is 19.7 Å². The number of halogens is 3. The maximum atomic E-state index is 13.0. The van der Waals surface area contributed by atoms with Crippen LogP contribution in [0.2, 0.25) is 0 Å². The van der Waals surface area contributed by atoms with Crippen molar-refractivity contribution >= 4 is 11.8 Å². The maximum absolute atomic E-state index is 13.0. The van der Waals surface area contributed by atoms with Gasteiger partial charge < -0.3 is 15.4 Å². The van der Waals surface area contributed by atoms with Crippen LogP contribution in [0, 0.1) is 13.8 Å². The van der Waals surface area contributed by atoms with Crippen LogP contribution in [0.3, 0.4) is 0 Å².